The van der Waals surface area contributed by atoms with Gasteiger partial charge < -0.3 is 5.21 Å². The van der Waals surface area contributed by atoms with Crippen molar-refractivity contribution < 1.29 is 13.6 Å². The number of sulfone groups is 1. The highest BCUT2D eigenvalue weighted by atomic mass is 32.2. The van der Waals surface area contributed by atoms with E-state index in [1.54, 1.807) is 26.0 Å². The monoisotopic (exact) mass is 269 g/mol. The van der Waals surface area contributed by atoms with Crippen molar-refractivity contribution in [3.05, 3.63) is 35.4 Å². The largest absolute Gasteiger partial charge is 0.411 e. The van der Waals surface area contributed by atoms with Gasteiger partial charge in [0.1, 0.15) is 11.0 Å². The summed E-state index contributed by atoms with van der Waals surface area (Å²) in [5.74, 6) is 0.0381. The van der Waals surface area contributed by atoms with Crippen LogP contribution in [0.5, 0.6) is 0 Å². The molecule has 0 amide bonds. The fraction of sp³-hybridized carbons (Fsp3) is 0.462. The highest BCUT2D eigenvalue weighted by Crippen LogP contribution is 2.16. The second-order valence-corrected chi connectivity index (χ2v) is 6.67. The van der Waals surface area contributed by atoms with E-state index in [4.69, 9.17) is 5.21 Å². The standard InChI is InChI=1S/C13H19NO3S/c1-4-12(18(16,17)5-2)13(14-15)11-8-6-10(3)7-9-11/h6-9,12,15H,4-5H2,1-3H3/b14-13-/t12-/m0/s1. The van der Waals surface area contributed by atoms with Crippen LogP contribution in [0.1, 0.15) is 31.4 Å². The van der Waals surface area contributed by atoms with Crippen LogP contribution >= 0.6 is 0 Å². The van der Waals surface area contributed by atoms with Crippen LogP contribution in [-0.2, 0) is 9.84 Å². The van der Waals surface area contributed by atoms with Crippen LogP contribution in [-0.4, -0.2) is 30.3 Å². The molecule has 0 radical (unpaired) electrons. The van der Waals surface area contributed by atoms with E-state index in [0.717, 1.165) is 5.56 Å². The fourth-order valence-electron chi connectivity index (χ4n) is 1.85. The van der Waals surface area contributed by atoms with Crippen molar-refractivity contribution in [2.45, 2.75) is 32.4 Å². The minimum Gasteiger partial charge on any atom is -0.411 e. The maximum atomic E-state index is 12.0. The zero-order chi connectivity index (χ0) is 13.8. The third-order valence-corrected chi connectivity index (χ3v) is 5.20. The summed E-state index contributed by atoms with van der Waals surface area (Å²) in [6.07, 6.45) is 0.392. The van der Waals surface area contributed by atoms with Gasteiger partial charge in [0.2, 0.25) is 0 Å². The maximum Gasteiger partial charge on any atom is 0.158 e. The van der Waals surface area contributed by atoms with E-state index in [-0.39, 0.29) is 11.5 Å². The van der Waals surface area contributed by atoms with Crippen molar-refractivity contribution in [2.24, 2.45) is 5.16 Å². The Morgan fingerprint density at radius 1 is 1.28 bits per heavy atom. The summed E-state index contributed by atoms with van der Waals surface area (Å²) in [7, 11) is -3.27. The van der Waals surface area contributed by atoms with Crippen LogP contribution in [0.4, 0.5) is 0 Å². The summed E-state index contributed by atoms with van der Waals surface area (Å²) in [6.45, 7) is 5.32. The average Bonchev–Trinajstić information content (AvgIpc) is 2.36. The normalized spacial score (nSPS) is 14.5. The SMILES string of the molecule is CC[C@@H](/C(=N\O)c1ccc(C)cc1)S(=O)(=O)CC. The minimum absolute atomic E-state index is 0.0381. The topological polar surface area (TPSA) is 66.7 Å². The number of benzene rings is 1. The lowest BCUT2D eigenvalue weighted by Gasteiger charge is -2.16. The van der Waals surface area contributed by atoms with Crippen molar-refractivity contribution in [2.75, 3.05) is 5.75 Å². The Morgan fingerprint density at radius 2 is 1.83 bits per heavy atom. The highest BCUT2D eigenvalue weighted by molar-refractivity contribution is 7.92. The van der Waals surface area contributed by atoms with Gasteiger partial charge >= 0.3 is 0 Å². The number of hydrogen-bond acceptors (Lipinski definition) is 4. The lowest BCUT2D eigenvalue weighted by Crippen LogP contribution is -2.31. The summed E-state index contributed by atoms with van der Waals surface area (Å²) < 4.78 is 24.0. The van der Waals surface area contributed by atoms with E-state index in [9.17, 15) is 8.42 Å². The Hall–Kier alpha value is -1.36. The van der Waals surface area contributed by atoms with Gasteiger partial charge in [-0.3, -0.25) is 0 Å². The number of hydrogen-bond donors (Lipinski definition) is 1. The Bertz CT molecular complexity index is 518. The molecule has 0 aliphatic carbocycles. The van der Waals surface area contributed by atoms with Crippen molar-refractivity contribution in [1.29, 1.82) is 0 Å². The Morgan fingerprint density at radius 3 is 2.22 bits per heavy atom. The van der Waals surface area contributed by atoms with E-state index >= 15 is 0 Å². The molecule has 1 rings (SSSR count). The molecule has 0 spiro atoms. The summed E-state index contributed by atoms with van der Waals surface area (Å²) in [6, 6.07) is 7.29. The Balaban J connectivity index is 3.21. The van der Waals surface area contributed by atoms with E-state index in [0.29, 0.717) is 12.0 Å². The molecule has 5 heteroatoms. The molecule has 0 heterocycles. The molecule has 0 aromatic heterocycles. The summed E-state index contributed by atoms with van der Waals surface area (Å²) in [5.41, 5.74) is 1.94. The molecule has 1 aromatic carbocycles. The van der Waals surface area contributed by atoms with Gasteiger partial charge in [0, 0.05) is 11.3 Å². The van der Waals surface area contributed by atoms with Crippen LogP contribution < -0.4 is 0 Å². The first kappa shape index (κ1) is 14.7. The van der Waals surface area contributed by atoms with Crippen LogP contribution in [0.25, 0.3) is 0 Å². The number of oxime groups is 1. The molecule has 4 nitrogen and oxygen atoms in total. The van der Waals surface area contributed by atoms with Gasteiger partial charge in [-0.25, -0.2) is 8.42 Å². The van der Waals surface area contributed by atoms with E-state index in [1.165, 1.54) is 0 Å². The molecule has 0 saturated heterocycles. The third kappa shape index (κ3) is 3.10. The summed E-state index contributed by atoms with van der Waals surface area (Å²) in [5, 5.41) is 11.6. The molecule has 0 bridgehead atoms. The van der Waals surface area contributed by atoms with Gasteiger partial charge in [0.05, 0.1) is 0 Å². The van der Waals surface area contributed by atoms with Crippen LogP contribution in [0.3, 0.4) is 0 Å². The summed E-state index contributed by atoms with van der Waals surface area (Å²) in [4.78, 5) is 0. The molecule has 18 heavy (non-hydrogen) atoms. The van der Waals surface area contributed by atoms with Gasteiger partial charge in [0.15, 0.2) is 9.84 Å². The number of rotatable bonds is 5. The molecule has 1 atom stereocenters. The summed E-state index contributed by atoms with van der Waals surface area (Å²) >= 11 is 0. The lowest BCUT2D eigenvalue weighted by atomic mass is 10.0. The van der Waals surface area contributed by atoms with Gasteiger partial charge in [-0.1, -0.05) is 48.8 Å². The van der Waals surface area contributed by atoms with Gasteiger partial charge in [-0.2, -0.15) is 0 Å². The van der Waals surface area contributed by atoms with E-state index < -0.39 is 15.1 Å². The zero-order valence-electron chi connectivity index (χ0n) is 10.9. The van der Waals surface area contributed by atoms with Crippen molar-refractivity contribution in [3.63, 3.8) is 0 Å². The molecule has 100 valence electrons. The second kappa shape index (κ2) is 6.00. The third-order valence-electron chi connectivity index (χ3n) is 2.97. The molecular formula is C13H19NO3S. The molecule has 0 unspecified atom stereocenters. The highest BCUT2D eigenvalue weighted by Gasteiger charge is 2.28. The molecule has 1 N–H and O–H groups in total. The Kier molecular flexibility index (Phi) is 4.90. The van der Waals surface area contributed by atoms with Gasteiger partial charge in [0.25, 0.3) is 0 Å². The molecule has 0 saturated carbocycles. The first-order chi connectivity index (χ1) is 8.46. The average molecular weight is 269 g/mol. The minimum atomic E-state index is -3.27. The van der Waals surface area contributed by atoms with E-state index in [2.05, 4.69) is 5.16 Å². The van der Waals surface area contributed by atoms with Crippen molar-refractivity contribution in [3.8, 4) is 0 Å². The molecule has 0 aliphatic rings. The van der Waals surface area contributed by atoms with Gasteiger partial charge in [-0.15, -0.1) is 0 Å². The van der Waals surface area contributed by atoms with Crippen molar-refractivity contribution in [1.82, 2.24) is 0 Å². The number of aryl methyl sites for hydroxylation is 1. The predicted octanol–water partition coefficient (Wildman–Crippen LogP) is 2.39. The first-order valence-electron chi connectivity index (χ1n) is 5.96. The molecule has 1 aromatic rings. The fourth-order valence-corrected chi connectivity index (χ4v) is 3.28. The molecule has 0 aliphatic heterocycles. The molecular weight excluding hydrogens is 250 g/mol. The second-order valence-electron chi connectivity index (χ2n) is 4.20. The van der Waals surface area contributed by atoms with Crippen molar-refractivity contribution >= 4 is 15.5 Å². The predicted molar refractivity (Wildman–Crippen MR) is 73.0 cm³/mol. The Labute approximate surface area is 108 Å². The van der Waals surface area contributed by atoms with Crippen LogP contribution in [0.2, 0.25) is 0 Å². The number of nitrogens with zero attached hydrogens (tertiary/aromatic N) is 1. The van der Waals surface area contributed by atoms with Crippen LogP contribution in [0.15, 0.2) is 29.4 Å². The maximum absolute atomic E-state index is 12.0. The zero-order valence-corrected chi connectivity index (χ0v) is 11.7. The quantitative estimate of drug-likeness (QED) is 0.507. The van der Waals surface area contributed by atoms with Gasteiger partial charge in [-0.05, 0) is 13.3 Å². The van der Waals surface area contributed by atoms with E-state index in [1.807, 2.05) is 19.1 Å². The smallest absolute Gasteiger partial charge is 0.158 e. The lowest BCUT2D eigenvalue weighted by molar-refractivity contribution is 0.318. The van der Waals surface area contributed by atoms with Crippen LogP contribution in [0, 0.1) is 6.92 Å². The first-order valence-corrected chi connectivity index (χ1v) is 7.68. The molecule has 0 fully saturated rings.